The van der Waals surface area contributed by atoms with E-state index in [2.05, 4.69) is 15.0 Å². The minimum Gasteiger partial charge on any atom is -0.397 e. The Morgan fingerprint density at radius 1 is 1.50 bits per heavy atom. The summed E-state index contributed by atoms with van der Waals surface area (Å²) in [6.45, 7) is 0.129. The molecule has 7 nitrogen and oxygen atoms in total. The molecule has 0 aliphatic rings. The predicted molar refractivity (Wildman–Crippen MR) is 58.2 cm³/mol. The van der Waals surface area contributed by atoms with Gasteiger partial charge in [0.05, 0.1) is 11.8 Å². The van der Waals surface area contributed by atoms with Crippen LogP contribution in [0.5, 0.6) is 0 Å². The van der Waals surface area contributed by atoms with Crippen molar-refractivity contribution in [2.24, 2.45) is 5.11 Å². The Hall–Kier alpha value is -1.82. The maximum atomic E-state index is 9.73. The zero-order valence-corrected chi connectivity index (χ0v) is 8.56. The van der Waals surface area contributed by atoms with E-state index in [4.69, 9.17) is 11.3 Å². The van der Waals surface area contributed by atoms with Crippen LogP contribution in [0.1, 0.15) is 18.1 Å². The molecule has 0 aliphatic carbocycles. The number of anilines is 1. The standard InChI is InChI=1S/C9H13N5O2/c10-7-3-6(4-12-5-7)9(16)8(15)1-2-13-14-11/h3-5,8-9,15-16H,1-2,10H2. The van der Waals surface area contributed by atoms with Crippen molar-refractivity contribution in [3.8, 4) is 0 Å². The van der Waals surface area contributed by atoms with Crippen molar-refractivity contribution in [2.75, 3.05) is 12.3 Å². The molecule has 0 aromatic carbocycles. The molecular weight excluding hydrogens is 210 g/mol. The van der Waals surface area contributed by atoms with Crippen molar-refractivity contribution in [1.82, 2.24) is 4.98 Å². The Balaban J connectivity index is 2.62. The third-order valence-corrected chi connectivity index (χ3v) is 2.07. The van der Waals surface area contributed by atoms with E-state index in [1.54, 1.807) is 0 Å². The van der Waals surface area contributed by atoms with Gasteiger partial charge < -0.3 is 15.9 Å². The molecule has 0 aliphatic heterocycles. The zero-order chi connectivity index (χ0) is 12.0. The Morgan fingerprint density at radius 3 is 2.88 bits per heavy atom. The number of hydrogen-bond acceptors (Lipinski definition) is 5. The maximum absolute atomic E-state index is 9.73. The summed E-state index contributed by atoms with van der Waals surface area (Å²) < 4.78 is 0. The summed E-state index contributed by atoms with van der Waals surface area (Å²) in [7, 11) is 0. The molecule has 1 rings (SSSR count). The van der Waals surface area contributed by atoms with E-state index in [-0.39, 0.29) is 13.0 Å². The lowest BCUT2D eigenvalue weighted by atomic mass is 10.0. The molecule has 1 heterocycles. The van der Waals surface area contributed by atoms with Gasteiger partial charge in [-0.05, 0) is 18.0 Å². The van der Waals surface area contributed by atoms with E-state index in [1.807, 2.05) is 0 Å². The number of nitrogens with zero attached hydrogens (tertiary/aromatic N) is 4. The lowest BCUT2D eigenvalue weighted by molar-refractivity contribution is 0.0149. The Bertz CT molecular complexity index is 391. The minimum atomic E-state index is -1.08. The highest BCUT2D eigenvalue weighted by Crippen LogP contribution is 2.19. The number of rotatable bonds is 5. The van der Waals surface area contributed by atoms with Gasteiger partial charge in [-0.3, -0.25) is 4.98 Å². The smallest absolute Gasteiger partial charge is 0.106 e. The normalized spacial score (nSPS) is 13.9. The number of nitrogens with two attached hydrogens (primary N) is 1. The molecule has 4 N–H and O–H groups in total. The largest absolute Gasteiger partial charge is 0.397 e. The summed E-state index contributed by atoms with van der Waals surface area (Å²) in [5, 5.41) is 22.6. The quantitative estimate of drug-likeness (QED) is 0.386. The molecule has 86 valence electrons. The fourth-order valence-corrected chi connectivity index (χ4v) is 1.25. The van der Waals surface area contributed by atoms with Gasteiger partial charge in [0.2, 0.25) is 0 Å². The van der Waals surface area contributed by atoms with E-state index >= 15 is 0 Å². The number of nitrogen functional groups attached to an aromatic ring is 1. The summed E-state index contributed by atoms with van der Waals surface area (Å²) in [6, 6.07) is 1.54. The topological polar surface area (TPSA) is 128 Å². The second-order valence-corrected chi connectivity index (χ2v) is 3.31. The number of aliphatic hydroxyl groups is 2. The van der Waals surface area contributed by atoms with E-state index in [9.17, 15) is 10.2 Å². The fraction of sp³-hybridized carbons (Fsp3) is 0.444. The molecule has 0 saturated heterocycles. The molecule has 0 fully saturated rings. The Labute approximate surface area is 92.2 Å². The van der Waals surface area contributed by atoms with Crippen LogP contribution in [0.25, 0.3) is 10.4 Å². The molecule has 1 aromatic heterocycles. The number of aliphatic hydroxyl groups excluding tert-OH is 2. The fourth-order valence-electron chi connectivity index (χ4n) is 1.25. The van der Waals surface area contributed by atoms with Crippen LogP contribution < -0.4 is 5.73 Å². The van der Waals surface area contributed by atoms with Gasteiger partial charge >= 0.3 is 0 Å². The van der Waals surface area contributed by atoms with Crippen LogP contribution in [0, 0.1) is 0 Å². The van der Waals surface area contributed by atoms with Crippen molar-refractivity contribution >= 4 is 5.69 Å². The van der Waals surface area contributed by atoms with Gasteiger partial charge in [-0.2, -0.15) is 0 Å². The van der Waals surface area contributed by atoms with E-state index < -0.39 is 12.2 Å². The van der Waals surface area contributed by atoms with Gasteiger partial charge in [0.1, 0.15) is 6.10 Å². The van der Waals surface area contributed by atoms with Crippen LogP contribution in [-0.2, 0) is 0 Å². The lowest BCUT2D eigenvalue weighted by Gasteiger charge is -2.17. The van der Waals surface area contributed by atoms with Crippen LogP contribution in [0.15, 0.2) is 23.6 Å². The highest BCUT2D eigenvalue weighted by molar-refractivity contribution is 5.37. The van der Waals surface area contributed by atoms with Crippen LogP contribution in [0.4, 0.5) is 5.69 Å². The summed E-state index contributed by atoms with van der Waals surface area (Å²) in [4.78, 5) is 6.36. The van der Waals surface area contributed by atoms with Crippen LogP contribution >= 0.6 is 0 Å². The van der Waals surface area contributed by atoms with Crippen molar-refractivity contribution in [3.63, 3.8) is 0 Å². The lowest BCUT2D eigenvalue weighted by Crippen LogP contribution is -2.19. The summed E-state index contributed by atoms with van der Waals surface area (Å²) in [6.07, 6.45) is 0.972. The van der Waals surface area contributed by atoms with Crippen LogP contribution in [-0.4, -0.2) is 27.8 Å². The van der Waals surface area contributed by atoms with E-state index in [1.165, 1.54) is 18.5 Å². The molecule has 0 spiro atoms. The van der Waals surface area contributed by atoms with E-state index in [0.717, 1.165) is 0 Å². The van der Waals surface area contributed by atoms with Crippen molar-refractivity contribution < 1.29 is 10.2 Å². The van der Waals surface area contributed by atoms with Gasteiger partial charge in [-0.15, -0.1) is 0 Å². The number of pyridine rings is 1. The SMILES string of the molecule is [N-]=[N+]=NCCC(O)C(O)c1cncc(N)c1. The molecule has 2 unspecified atom stereocenters. The highest BCUT2D eigenvalue weighted by Gasteiger charge is 2.18. The Kier molecular flexibility index (Phi) is 4.53. The Morgan fingerprint density at radius 2 is 2.25 bits per heavy atom. The molecular formula is C9H13N5O2. The summed E-state index contributed by atoms with van der Waals surface area (Å²) in [5.41, 5.74) is 14.4. The van der Waals surface area contributed by atoms with Gasteiger partial charge in [0.25, 0.3) is 0 Å². The average molecular weight is 223 g/mol. The van der Waals surface area contributed by atoms with Crippen LogP contribution in [0.2, 0.25) is 0 Å². The number of aromatic nitrogens is 1. The molecule has 16 heavy (non-hydrogen) atoms. The molecule has 2 atom stereocenters. The van der Waals surface area contributed by atoms with E-state index in [0.29, 0.717) is 11.3 Å². The molecule has 0 radical (unpaired) electrons. The molecule has 7 heteroatoms. The van der Waals surface area contributed by atoms with Gasteiger partial charge in [-0.1, -0.05) is 5.11 Å². The first-order chi connectivity index (χ1) is 7.65. The third-order valence-electron chi connectivity index (χ3n) is 2.07. The molecule has 0 amide bonds. The summed E-state index contributed by atoms with van der Waals surface area (Å²) in [5.74, 6) is 0. The maximum Gasteiger partial charge on any atom is 0.106 e. The third kappa shape index (κ3) is 3.39. The molecule has 0 bridgehead atoms. The molecule has 1 aromatic rings. The first-order valence-corrected chi connectivity index (χ1v) is 4.72. The van der Waals surface area contributed by atoms with Gasteiger partial charge in [0, 0.05) is 29.4 Å². The predicted octanol–water partition coefficient (Wildman–Crippen LogP) is 0.759. The first-order valence-electron chi connectivity index (χ1n) is 4.72. The second-order valence-electron chi connectivity index (χ2n) is 3.31. The highest BCUT2D eigenvalue weighted by atomic mass is 16.3. The van der Waals surface area contributed by atoms with Gasteiger partial charge in [0.15, 0.2) is 0 Å². The number of azide groups is 1. The monoisotopic (exact) mass is 223 g/mol. The first kappa shape index (κ1) is 12.3. The van der Waals surface area contributed by atoms with Crippen molar-refractivity contribution in [2.45, 2.75) is 18.6 Å². The number of hydrogen-bond donors (Lipinski definition) is 3. The zero-order valence-electron chi connectivity index (χ0n) is 8.56. The summed E-state index contributed by atoms with van der Waals surface area (Å²) >= 11 is 0. The minimum absolute atomic E-state index is 0.129. The second kappa shape index (κ2) is 5.92. The van der Waals surface area contributed by atoms with Crippen LogP contribution in [0.3, 0.4) is 0 Å². The van der Waals surface area contributed by atoms with Crippen molar-refractivity contribution in [3.05, 3.63) is 34.5 Å². The van der Waals surface area contributed by atoms with Crippen molar-refractivity contribution in [1.29, 1.82) is 0 Å². The van der Waals surface area contributed by atoms with Gasteiger partial charge in [-0.25, -0.2) is 0 Å². The average Bonchev–Trinajstić information content (AvgIpc) is 2.28. The molecule has 0 saturated carbocycles.